The van der Waals surface area contributed by atoms with Crippen LogP contribution in [0.2, 0.25) is 0 Å². The van der Waals surface area contributed by atoms with Crippen LogP contribution in [0.25, 0.3) is 0 Å². The van der Waals surface area contributed by atoms with Crippen molar-refractivity contribution in [2.75, 3.05) is 19.6 Å². The van der Waals surface area contributed by atoms with E-state index in [-0.39, 0.29) is 18.0 Å². The molecule has 4 amide bonds. The highest BCUT2D eigenvalue weighted by molar-refractivity contribution is 5.96. The largest absolute Gasteiger partial charge is 0.444 e. The first kappa shape index (κ1) is 20.2. The highest BCUT2D eigenvalue weighted by Crippen LogP contribution is 2.29. The standard InChI is InChI=1S/C21H29N3O4/c1-21(2,3)28-20(27)23-10-7-16(8-11-23)17-6-4-5-15(13-17)14-24-12-9-18(25)22-19(24)26/h4-6,13,16H,7-12,14H2,1-3H3,(H,22,25,26). The van der Waals surface area contributed by atoms with Crippen LogP contribution in [0, 0.1) is 0 Å². The van der Waals surface area contributed by atoms with Crippen molar-refractivity contribution in [2.45, 2.75) is 58.1 Å². The highest BCUT2D eigenvalue weighted by atomic mass is 16.6. The van der Waals surface area contributed by atoms with Crippen LogP contribution >= 0.6 is 0 Å². The van der Waals surface area contributed by atoms with Crippen molar-refractivity contribution in [3.8, 4) is 0 Å². The predicted octanol–water partition coefficient (Wildman–Crippen LogP) is 3.24. The summed E-state index contributed by atoms with van der Waals surface area (Å²) in [5, 5.41) is 2.36. The average Bonchev–Trinajstić information content (AvgIpc) is 2.63. The van der Waals surface area contributed by atoms with Gasteiger partial charge in [-0.25, -0.2) is 9.59 Å². The van der Waals surface area contributed by atoms with Crippen molar-refractivity contribution in [2.24, 2.45) is 0 Å². The number of benzene rings is 1. The monoisotopic (exact) mass is 387 g/mol. The maximum absolute atomic E-state index is 12.2. The Balaban J connectivity index is 1.57. The molecule has 0 aliphatic carbocycles. The minimum absolute atomic E-state index is 0.216. The summed E-state index contributed by atoms with van der Waals surface area (Å²) in [5.41, 5.74) is 1.81. The summed E-state index contributed by atoms with van der Waals surface area (Å²) in [6, 6.07) is 7.93. The van der Waals surface area contributed by atoms with Crippen molar-refractivity contribution >= 4 is 18.0 Å². The van der Waals surface area contributed by atoms with Gasteiger partial charge in [-0.15, -0.1) is 0 Å². The van der Waals surface area contributed by atoms with Gasteiger partial charge in [-0.05, 0) is 50.7 Å². The van der Waals surface area contributed by atoms with Gasteiger partial charge in [0.15, 0.2) is 0 Å². The zero-order valence-electron chi connectivity index (χ0n) is 16.9. The van der Waals surface area contributed by atoms with E-state index in [1.165, 1.54) is 5.56 Å². The minimum atomic E-state index is -0.479. The summed E-state index contributed by atoms with van der Waals surface area (Å²) >= 11 is 0. The minimum Gasteiger partial charge on any atom is -0.444 e. The molecule has 0 saturated carbocycles. The lowest BCUT2D eigenvalue weighted by molar-refractivity contribution is -0.121. The number of hydrogen-bond donors (Lipinski definition) is 1. The lowest BCUT2D eigenvalue weighted by Gasteiger charge is -2.34. The molecule has 0 atom stereocenters. The second-order valence-corrected chi connectivity index (χ2v) is 8.51. The van der Waals surface area contributed by atoms with Crippen molar-refractivity contribution in [3.63, 3.8) is 0 Å². The van der Waals surface area contributed by atoms with Gasteiger partial charge < -0.3 is 14.5 Å². The predicted molar refractivity (Wildman–Crippen MR) is 105 cm³/mol. The van der Waals surface area contributed by atoms with Gasteiger partial charge in [0, 0.05) is 32.6 Å². The van der Waals surface area contributed by atoms with Crippen LogP contribution in [0.3, 0.4) is 0 Å². The second kappa shape index (κ2) is 8.20. The van der Waals surface area contributed by atoms with E-state index in [1.54, 1.807) is 9.80 Å². The van der Waals surface area contributed by atoms with Crippen LogP contribution < -0.4 is 5.32 Å². The van der Waals surface area contributed by atoms with Crippen molar-refractivity contribution in [3.05, 3.63) is 35.4 Å². The Morgan fingerprint density at radius 2 is 1.89 bits per heavy atom. The molecule has 1 aromatic carbocycles. The summed E-state index contributed by atoms with van der Waals surface area (Å²) < 4.78 is 5.46. The summed E-state index contributed by atoms with van der Waals surface area (Å²) in [4.78, 5) is 38.9. The van der Waals surface area contributed by atoms with Gasteiger partial charge in [-0.1, -0.05) is 24.3 Å². The number of piperidine rings is 1. The molecule has 2 saturated heterocycles. The van der Waals surface area contributed by atoms with Crippen LogP contribution in [-0.2, 0) is 16.1 Å². The van der Waals surface area contributed by atoms with E-state index in [4.69, 9.17) is 4.74 Å². The molecule has 2 heterocycles. The average molecular weight is 387 g/mol. The Morgan fingerprint density at radius 1 is 1.18 bits per heavy atom. The molecule has 2 aliphatic rings. The van der Waals surface area contributed by atoms with E-state index < -0.39 is 5.60 Å². The first-order valence-electron chi connectivity index (χ1n) is 9.87. The number of rotatable bonds is 3. The third kappa shape index (κ3) is 5.24. The normalized spacial score (nSPS) is 18.8. The highest BCUT2D eigenvalue weighted by Gasteiger charge is 2.28. The van der Waals surface area contributed by atoms with Gasteiger partial charge in [0.25, 0.3) is 0 Å². The number of carbonyl (C=O) groups excluding carboxylic acids is 3. The van der Waals surface area contributed by atoms with Crippen molar-refractivity contribution < 1.29 is 19.1 Å². The smallest absolute Gasteiger partial charge is 0.410 e. The van der Waals surface area contributed by atoms with Gasteiger partial charge >= 0.3 is 12.1 Å². The Hall–Kier alpha value is -2.57. The summed E-state index contributed by atoms with van der Waals surface area (Å²) in [7, 11) is 0. The number of carbonyl (C=O) groups is 3. The Morgan fingerprint density at radius 3 is 2.54 bits per heavy atom. The van der Waals surface area contributed by atoms with Crippen LogP contribution in [0.1, 0.15) is 57.1 Å². The van der Waals surface area contributed by atoms with Gasteiger partial charge in [0.05, 0.1) is 0 Å². The molecule has 0 unspecified atom stereocenters. The molecule has 1 aromatic rings. The lowest BCUT2D eigenvalue weighted by Crippen LogP contribution is -2.48. The molecular formula is C21H29N3O4. The number of nitrogens with zero attached hydrogens (tertiary/aromatic N) is 2. The third-order valence-corrected chi connectivity index (χ3v) is 5.08. The Labute approximate surface area is 166 Å². The van der Waals surface area contributed by atoms with Crippen LogP contribution in [0.4, 0.5) is 9.59 Å². The van der Waals surface area contributed by atoms with E-state index >= 15 is 0 Å². The fraction of sp³-hybridized carbons (Fsp3) is 0.571. The molecule has 3 rings (SSSR count). The van der Waals surface area contributed by atoms with Crippen LogP contribution in [-0.4, -0.2) is 53.1 Å². The Bertz CT molecular complexity index is 748. The molecule has 28 heavy (non-hydrogen) atoms. The summed E-state index contributed by atoms with van der Waals surface area (Å²) in [6.45, 7) is 7.93. The number of hydrogen-bond acceptors (Lipinski definition) is 4. The number of likely N-dealkylation sites (tertiary alicyclic amines) is 1. The first-order valence-corrected chi connectivity index (χ1v) is 9.87. The quantitative estimate of drug-likeness (QED) is 0.864. The topological polar surface area (TPSA) is 79.0 Å². The molecule has 2 aliphatic heterocycles. The van der Waals surface area contributed by atoms with Gasteiger partial charge in [0.2, 0.25) is 5.91 Å². The zero-order valence-corrected chi connectivity index (χ0v) is 16.9. The molecule has 0 aromatic heterocycles. The van der Waals surface area contributed by atoms with E-state index in [9.17, 15) is 14.4 Å². The van der Waals surface area contributed by atoms with Crippen LogP contribution in [0.15, 0.2) is 24.3 Å². The fourth-order valence-electron chi connectivity index (χ4n) is 3.64. The van der Waals surface area contributed by atoms with Gasteiger partial charge in [-0.2, -0.15) is 0 Å². The van der Waals surface area contributed by atoms with E-state index in [1.807, 2.05) is 32.9 Å². The molecule has 0 radical (unpaired) electrons. The third-order valence-electron chi connectivity index (χ3n) is 5.08. The molecule has 152 valence electrons. The van der Waals surface area contributed by atoms with Gasteiger partial charge in [-0.3, -0.25) is 10.1 Å². The van der Waals surface area contributed by atoms with Crippen LogP contribution in [0.5, 0.6) is 0 Å². The SMILES string of the molecule is CC(C)(C)OC(=O)N1CCC(c2cccc(CN3CCC(=O)NC3=O)c2)CC1. The molecule has 7 heteroatoms. The number of amides is 4. The maximum Gasteiger partial charge on any atom is 0.410 e. The first-order chi connectivity index (χ1) is 13.2. The number of imide groups is 1. The lowest BCUT2D eigenvalue weighted by atomic mass is 9.88. The van der Waals surface area contributed by atoms with Gasteiger partial charge in [0.1, 0.15) is 5.60 Å². The van der Waals surface area contributed by atoms with Crippen molar-refractivity contribution in [1.29, 1.82) is 0 Å². The number of nitrogens with one attached hydrogen (secondary N) is 1. The van der Waals surface area contributed by atoms with Crippen molar-refractivity contribution in [1.82, 2.24) is 15.1 Å². The fourth-order valence-corrected chi connectivity index (χ4v) is 3.64. The Kier molecular flexibility index (Phi) is 5.91. The zero-order chi connectivity index (χ0) is 20.3. The molecule has 2 fully saturated rings. The summed E-state index contributed by atoms with van der Waals surface area (Å²) in [6.07, 6.45) is 1.88. The molecule has 0 spiro atoms. The molecule has 1 N–H and O–H groups in total. The molecule has 7 nitrogen and oxygen atoms in total. The number of urea groups is 1. The van der Waals surface area contributed by atoms with E-state index in [2.05, 4.69) is 17.4 Å². The van der Waals surface area contributed by atoms with E-state index in [0.717, 1.165) is 18.4 Å². The molecular weight excluding hydrogens is 358 g/mol. The second-order valence-electron chi connectivity index (χ2n) is 8.51. The maximum atomic E-state index is 12.2. The number of ether oxygens (including phenoxy) is 1. The summed E-state index contributed by atoms with van der Waals surface area (Å²) in [5.74, 6) is 0.169. The van der Waals surface area contributed by atoms with E-state index in [0.29, 0.717) is 38.5 Å². The molecule has 0 bridgehead atoms.